The average molecular weight is 490 g/mol. The minimum Gasteiger partial charge on any atom is -0.451 e. The number of aryl methyl sites for hydroxylation is 1. The number of amides is 3. The zero-order valence-electron chi connectivity index (χ0n) is 13.3. The number of benzene rings is 1. The average Bonchev–Trinajstić information content (AvgIpc) is 2.89. The molecule has 0 saturated carbocycles. The molecule has 0 bridgehead atoms. The SMILES string of the molecule is Cc1cccc(NC(=O)NC(=O)COC(=O)c2cc(Br)c(Br)s2)c1C. The highest BCUT2D eigenvalue weighted by Crippen LogP contribution is 2.32. The maximum atomic E-state index is 11.9. The first-order valence-electron chi connectivity index (χ1n) is 7.07. The van der Waals surface area contributed by atoms with Gasteiger partial charge >= 0.3 is 12.0 Å². The fourth-order valence-electron chi connectivity index (χ4n) is 1.85. The zero-order chi connectivity index (χ0) is 18.6. The lowest BCUT2D eigenvalue weighted by Gasteiger charge is -2.10. The number of hydrogen-bond acceptors (Lipinski definition) is 5. The van der Waals surface area contributed by atoms with Crippen LogP contribution in [0.3, 0.4) is 0 Å². The van der Waals surface area contributed by atoms with Gasteiger partial charge in [-0.1, -0.05) is 12.1 Å². The van der Waals surface area contributed by atoms with Gasteiger partial charge < -0.3 is 10.1 Å². The summed E-state index contributed by atoms with van der Waals surface area (Å²) in [6.07, 6.45) is 0. The number of imide groups is 1. The van der Waals surface area contributed by atoms with Crippen molar-refractivity contribution >= 4 is 66.8 Å². The van der Waals surface area contributed by atoms with Crippen LogP contribution in [-0.2, 0) is 9.53 Å². The summed E-state index contributed by atoms with van der Waals surface area (Å²) in [6.45, 7) is 3.24. The minimum atomic E-state index is -0.717. The predicted molar refractivity (Wildman–Crippen MR) is 103 cm³/mol. The fraction of sp³-hybridized carbons (Fsp3) is 0.188. The van der Waals surface area contributed by atoms with Crippen LogP contribution in [0.15, 0.2) is 32.5 Å². The normalized spacial score (nSPS) is 10.2. The number of nitrogens with one attached hydrogen (secondary N) is 2. The van der Waals surface area contributed by atoms with Crippen LogP contribution in [0.2, 0.25) is 0 Å². The summed E-state index contributed by atoms with van der Waals surface area (Å²) in [6, 6.07) is 6.36. The maximum absolute atomic E-state index is 11.9. The Morgan fingerprint density at radius 2 is 1.92 bits per heavy atom. The third-order valence-corrected chi connectivity index (χ3v) is 6.52. The van der Waals surface area contributed by atoms with Crippen LogP contribution in [0, 0.1) is 13.8 Å². The lowest BCUT2D eigenvalue weighted by atomic mass is 10.1. The van der Waals surface area contributed by atoms with Gasteiger partial charge in [-0.15, -0.1) is 11.3 Å². The number of hydrogen-bond donors (Lipinski definition) is 2. The summed E-state index contributed by atoms with van der Waals surface area (Å²) < 4.78 is 6.36. The molecule has 0 unspecified atom stereocenters. The lowest BCUT2D eigenvalue weighted by Crippen LogP contribution is -2.37. The Bertz CT molecular complexity index is 816. The molecule has 0 fully saturated rings. The first-order valence-corrected chi connectivity index (χ1v) is 9.47. The molecule has 25 heavy (non-hydrogen) atoms. The second-order valence-electron chi connectivity index (χ2n) is 5.06. The quantitative estimate of drug-likeness (QED) is 0.623. The molecule has 0 radical (unpaired) electrons. The summed E-state index contributed by atoms with van der Waals surface area (Å²) in [7, 11) is 0. The van der Waals surface area contributed by atoms with Crippen LogP contribution in [0.5, 0.6) is 0 Å². The van der Waals surface area contributed by atoms with Crippen LogP contribution in [0.25, 0.3) is 0 Å². The van der Waals surface area contributed by atoms with Crippen molar-refractivity contribution in [2.24, 2.45) is 0 Å². The molecule has 2 rings (SSSR count). The smallest absolute Gasteiger partial charge is 0.348 e. The van der Waals surface area contributed by atoms with Crippen LogP contribution in [0.4, 0.5) is 10.5 Å². The van der Waals surface area contributed by atoms with E-state index in [1.165, 1.54) is 11.3 Å². The van der Waals surface area contributed by atoms with Crippen molar-refractivity contribution in [1.82, 2.24) is 5.32 Å². The molecule has 3 amide bonds. The molecule has 0 aliphatic heterocycles. The number of rotatable bonds is 4. The Morgan fingerprint density at radius 1 is 1.20 bits per heavy atom. The second kappa shape index (κ2) is 8.59. The summed E-state index contributed by atoms with van der Waals surface area (Å²) in [5.41, 5.74) is 2.53. The van der Waals surface area contributed by atoms with Crippen LogP contribution >= 0.6 is 43.2 Å². The van der Waals surface area contributed by atoms with Crippen molar-refractivity contribution in [3.63, 3.8) is 0 Å². The Hall–Kier alpha value is -1.71. The molecule has 0 atom stereocenters. The molecule has 0 spiro atoms. The van der Waals surface area contributed by atoms with Gasteiger partial charge in [0, 0.05) is 10.2 Å². The molecular formula is C16H14Br2N2O4S. The van der Waals surface area contributed by atoms with Crippen molar-refractivity contribution in [2.75, 3.05) is 11.9 Å². The number of esters is 1. The van der Waals surface area contributed by atoms with Gasteiger partial charge in [-0.2, -0.15) is 0 Å². The van der Waals surface area contributed by atoms with E-state index in [0.29, 0.717) is 10.6 Å². The van der Waals surface area contributed by atoms with E-state index < -0.39 is 24.5 Å². The highest BCUT2D eigenvalue weighted by Gasteiger charge is 2.16. The third kappa shape index (κ3) is 5.38. The second-order valence-corrected chi connectivity index (χ2v) is 8.28. The topological polar surface area (TPSA) is 84.5 Å². The van der Waals surface area contributed by atoms with Crippen LogP contribution in [0.1, 0.15) is 20.8 Å². The Balaban J connectivity index is 1.84. The molecule has 0 aliphatic rings. The fourth-order valence-corrected chi connectivity index (χ4v) is 3.78. The van der Waals surface area contributed by atoms with Gasteiger partial charge in [0.1, 0.15) is 4.88 Å². The first kappa shape index (κ1) is 19.6. The molecule has 9 heteroatoms. The van der Waals surface area contributed by atoms with Crippen molar-refractivity contribution < 1.29 is 19.1 Å². The molecule has 2 N–H and O–H groups in total. The van der Waals surface area contributed by atoms with E-state index in [-0.39, 0.29) is 0 Å². The van der Waals surface area contributed by atoms with E-state index in [1.54, 1.807) is 18.2 Å². The van der Waals surface area contributed by atoms with E-state index in [2.05, 4.69) is 42.5 Å². The molecule has 2 aromatic rings. The Kier molecular flexibility index (Phi) is 6.74. The van der Waals surface area contributed by atoms with E-state index >= 15 is 0 Å². The molecule has 6 nitrogen and oxygen atoms in total. The molecule has 0 saturated heterocycles. The number of ether oxygens (including phenoxy) is 1. The summed E-state index contributed by atoms with van der Waals surface area (Å²) in [4.78, 5) is 35.8. The number of carbonyl (C=O) groups excluding carboxylic acids is 3. The van der Waals surface area contributed by atoms with Crippen molar-refractivity contribution in [3.8, 4) is 0 Å². The summed E-state index contributed by atoms with van der Waals surface area (Å²) >= 11 is 7.71. The first-order chi connectivity index (χ1) is 11.8. The number of halogens is 2. The zero-order valence-corrected chi connectivity index (χ0v) is 17.3. The molecule has 1 aromatic heterocycles. The van der Waals surface area contributed by atoms with E-state index in [1.807, 2.05) is 19.9 Å². The number of anilines is 1. The van der Waals surface area contributed by atoms with Crippen molar-refractivity contribution in [1.29, 1.82) is 0 Å². The van der Waals surface area contributed by atoms with Gasteiger partial charge in [0.05, 0.1) is 3.79 Å². The summed E-state index contributed by atoms with van der Waals surface area (Å²) in [5.74, 6) is -1.35. The van der Waals surface area contributed by atoms with Gasteiger partial charge in [0.15, 0.2) is 6.61 Å². The largest absolute Gasteiger partial charge is 0.451 e. The number of carbonyl (C=O) groups is 3. The van der Waals surface area contributed by atoms with Gasteiger partial charge in [-0.3, -0.25) is 10.1 Å². The third-order valence-electron chi connectivity index (χ3n) is 3.29. The number of urea groups is 1. The van der Waals surface area contributed by atoms with Crippen molar-refractivity contribution in [3.05, 3.63) is 48.5 Å². The summed E-state index contributed by atoms with van der Waals surface area (Å²) in [5, 5.41) is 4.71. The lowest BCUT2D eigenvalue weighted by molar-refractivity contribution is -0.123. The van der Waals surface area contributed by atoms with Crippen molar-refractivity contribution in [2.45, 2.75) is 13.8 Å². The maximum Gasteiger partial charge on any atom is 0.348 e. The highest BCUT2D eigenvalue weighted by molar-refractivity contribution is 9.13. The molecular weight excluding hydrogens is 476 g/mol. The van der Waals surface area contributed by atoms with Gasteiger partial charge in [0.2, 0.25) is 0 Å². The monoisotopic (exact) mass is 488 g/mol. The standard InChI is InChI=1S/C16H14Br2N2O4S/c1-8-4-3-5-11(9(8)2)19-16(23)20-13(21)7-24-15(22)12-6-10(17)14(18)25-12/h3-6H,7H2,1-2H3,(H2,19,20,21,23). The minimum absolute atomic E-state index is 0.339. The van der Waals surface area contributed by atoms with Gasteiger partial charge in [0.25, 0.3) is 5.91 Å². The van der Waals surface area contributed by atoms with Crippen LogP contribution in [-0.4, -0.2) is 24.5 Å². The van der Waals surface area contributed by atoms with E-state index in [4.69, 9.17) is 4.74 Å². The Labute approximate surface area is 165 Å². The Morgan fingerprint density at radius 3 is 2.56 bits per heavy atom. The van der Waals surface area contributed by atoms with E-state index in [0.717, 1.165) is 19.4 Å². The molecule has 1 heterocycles. The highest BCUT2D eigenvalue weighted by atomic mass is 79.9. The number of thiophene rings is 1. The predicted octanol–water partition coefficient (Wildman–Crippen LogP) is 4.40. The van der Waals surface area contributed by atoms with Gasteiger partial charge in [-0.05, 0) is 69.0 Å². The van der Waals surface area contributed by atoms with Gasteiger partial charge in [-0.25, -0.2) is 9.59 Å². The molecule has 132 valence electrons. The van der Waals surface area contributed by atoms with Crippen LogP contribution < -0.4 is 10.6 Å². The van der Waals surface area contributed by atoms with E-state index in [9.17, 15) is 14.4 Å². The molecule has 0 aliphatic carbocycles. The molecule has 1 aromatic carbocycles.